The predicted octanol–water partition coefficient (Wildman–Crippen LogP) is 2.75. The van der Waals surface area contributed by atoms with E-state index >= 15 is 0 Å². The van der Waals surface area contributed by atoms with Crippen molar-refractivity contribution in [3.05, 3.63) is 33.4 Å². The molecule has 1 amide bonds. The van der Waals surface area contributed by atoms with Gasteiger partial charge in [0, 0.05) is 16.7 Å². The Morgan fingerprint density at radius 3 is 3.00 bits per heavy atom. The summed E-state index contributed by atoms with van der Waals surface area (Å²) in [4.78, 5) is 14.6. The Morgan fingerprint density at radius 1 is 1.47 bits per heavy atom. The van der Waals surface area contributed by atoms with Crippen molar-refractivity contribution in [3.63, 3.8) is 0 Å². The zero-order chi connectivity index (χ0) is 13.7. The average Bonchev–Trinajstić information content (AvgIpc) is 2.45. The number of nitrogens with one attached hydrogen (secondary N) is 1. The molecule has 1 aromatic rings. The minimum absolute atomic E-state index is 0.0543. The lowest BCUT2D eigenvalue weighted by atomic mass is 9.98. The van der Waals surface area contributed by atoms with Crippen molar-refractivity contribution < 1.29 is 4.79 Å². The van der Waals surface area contributed by atoms with E-state index in [2.05, 4.69) is 39.7 Å². The van der Waals surface area contributed by atoms with Crippen molar-refractivity contribution in [3.8, 4) is 0 Å². The van der Waals surface area contributed by atoms with Gasteiger partial charge < -0.3 is 10.2 Å². The lowest BCUT2D eigenvalue weighted by Crippen LogP contribution is -2.40. The highest BCUT2D eigenvalue weighted by Crippen LogP contribution is 2.16. The van der Waals surface area contributed by atoms with Gasteiger partial charge in [-0.2, -0.15) is 0 Å². The fourth-order valence-electron chi connectivity index (χ4n) is 2.58. The van der Waals surface area contributed by atoms with E-state index in [0.29, 0.717) is 5.92 Å². The molecular formula is C15H21IN2O. The van der Waals surface area contributed by atoms with Crippen molar-refractivity contribution in [1.82, 2.24) is 10.2 Å². The van der Waals surface area contributed by atoms with Crippen LogP contribution in [0.15, 0.2) is 24.3 Å². The van der Waals surface area contributed by atoms with Crippen LogP contribution in [0.3, 0.4) is 0 Å². The summed E-state index contributed by atoms with van der Waals surface area (Å²) in [5.74, 6) is 0.651. The van der Waals surface area contributed by atoms with Gasteiger partial charge in [-0.3, -0.25) is 4.79 Å². The lowest BCUT2D eigenvalue weighted by molar-refractivity contribution is 0.0933. The molecule has 104 valence electrons. The number of likely N-dealkylation sites (tertiary alicyclic amines) is 1. The van der Waals surface area contributed by atoms with E-state index in [9.17, 15) is 4.79 Å². The summed E-state index contributed by atoms with van der Waals surface area (Å²) in [5.41, 5.74) is 0.784. The minimum atomic E-state index is 0.0543. The Hall–Kier alpha value is -0.620. The molecule has 1 aliphatic rings. The van der Waals surface area contributed by atoms with Crippen LogP contribution in [0.5, 0.6) is 0 Å². The van der Waals surface area contributed by atoms with Crippen LogP contribution in [0, 0.1) is 9.49 Å². The van der Waals surface area contributed by atoms with Gasteiger partial charge in [0.2, 0.25) is 0 Å². The third-order valence-corrected chi connectivity index (χ3v) is 4.66. The lowest BCUT2D eigenvalue weighted by Gasteiger charge is -2.31. The first-order valence-electron chi connectivity index (χ1n) is 6.95. The van der Waals surface area contributed by atoms with Gasteiger partial charge in [-0.05, 0) is 66.6 Å². The highest BCUT2D eigenvalue weighted by molar-refractivity contribution is 14.1. The van der Waals surface area contributed by atoms with Crippen LogP contribution in [0.4, 0.5) is 0 Å². The third kappa shape index (κ3) is 4.18. The number of amides is 1. The number of carbonyl (C=O) groups excluding carboxylic acids is 1. The van der Waals surface area contributed by atoms with E-state index in [1.807, 2.05) is 24.3 Å². The minimum Gasteiger partial charge on any atom is -0.352 e. The van der Waals surface area contributed by atoms with E-state index in [-0.39, 0.29) is 5.91 Å². The van der Waals surface area contributed by atoms with Gasteiger partial charge in [-0.15, -0.1) is 0 Å². The summed E-state index contributed by atoms with van der Waals surface area (Å²) in [6.45, 7) is 6.43. The molecule has 1 unspecified atom stereocenters. The molecule has 1 heterocycles. The number of halogens is 1. The molecule has 1 N–H and O–H groups in total. The Labute approximate surface area is 128 Å². The first kappa shape index (κ1) is 14.8. The normalized spacial score (nSPS) is 20.2. The Balaban J connectivity index is 1.85. The Kier molecular flexibility index (Phi) is 5.63. The zero-order valence-electron chi connectivity index (χ0n) is 11.4. The topological polar surface area (TPSA) is 32.3 Å². The van der Waals surface area contributed by atoms with Crippen LogP contribution >= 0.6 is 22.6 Å². The molecule has 1 atom stereocenters. The summed E-state index contributed by atoms with van der Waals surface area (Å²) in [6, 6.07) is 7.72. The van der Waals surface area contributed by atoms with Crippen molar-refractivity contribution in [2.24, 2.45) is 5.92 Å². The van der Waals surface area contributed by atoms with Crippen molar-refractivity contribution >= 4 is 28.5 Å². The average molecular weight is 372 g/mol. The first-order valence-corrected chi connectivity index (χ1v) is 8.03. The maximum Gasteiger partial charge on any atom is 0.252 e. The molecule has 19 heavy (non-hydrogen) atoms. The molecule has 0 spiro atoms. The number of piperidine rings is 1. The summed E-state index contributed by atoms with van der Waals surface area (Å²) < 4.78 is 1.01. The monoisotopic (exact) mass is 372 g/mol. The van der Waals surface area contributed by atoms with Gasteiger partial charge in [-0.25, -0.2) is 0 Å². The molecule has 0 bridgehead atoms. The van der Waals surface area contributed by atoms with Crippen LogP contribution in [-0.2, 0) is 0 Å². The molecule has 1 saturated heterocycles. The van der Waals surface area contributed by atoms with Gasteiger partial charge in [0.25, 0.3) is 5.91 Å². The van der Waals surface area contributed by atoms with Gasteiger partial charge in [0.05, 0.1) is 5.56 Å². The SMILES string of the molecule is CCN1CCCC(CNC(=O)c2ccccc2I)C1. The molecule has 4 heteroatoms. The maximum absolute atomic E-state index is 12.1. The molecule has 0 saturated carbocycles. The third-order valence-electron chi connectivity index (χ3n) is 3.72. The Morgan fingerprint density at radius 2 is 2.26 bits per heavy atom. The first-order chi connectivity index (χ1) is 9.20. The number of carbonyl (C=O) groups is 1. The second-order valence-electron chi connectivity index (χ2n) is 5.09. The molecule has 2 rings (SSSR count). The number of hydrogen-bond donors (Lipinski definition) is 1. The van der Waals surface area contributed by atoms with Crippen LogP contribution in [0.1, 0.15) is 30.1 Å². The standard InChI is InChI=1S/C15H21IN2O/c1-2-18-9-5-6-12(11-18)10-17-15(19)13-7-3-4-8-14(13)16/h3-4,7-8,12H,2,5-6,9-11H2,1H3,(H,17,19). The summed E-state index contributed by atoms with van der Waals surface area (Å²) in [7, 11) is 0. The molecule has 0 aliphatic carbocycles. The second kappa shape index (κ2) is 7.24. The zero-order valence-corrected chi connectivity index (χ0v) is 13.5. The quantitative estimate of drug-likeness (QED) is 0.825. The highest BCUT2D eigenvalue weighted by Gasteiger charge is 2.19. The van der Waals surface area contributed by atoms with E-state index < -0.39 is 0 Å². The fraction of sp³-hybridized carbons (Fsp3) is 0.533. The van der Waals surface area contributed by atoms with Crippen LogP contribution < -0.4 is 5.32 Å². The van der Waals surface area contributed by atoms with E-state index in [1.165, 1.54) is 19.4 Å². The largest absolute Gasteiger partial charge is 0.352 e. The van der Waals surface area contributed by atoms with E-state index in [4.69, 9.17) is 0 Å². The number of hydrogen-bond acceptors (Lipinski definition) is 2. The van der Waals surface area contributed by atoms with Crippen molar-refractivity contribution in [1.29, 1.82) is 0 Å². The van der Waals surface area contributed by atoms with Gasteiger partial charge in [0.15, 0.2) is 0 Å². The van der Waals surface area contributed by atoms with Crippen molar-refractivity contribution in [2.75, 3.05) is 26.2 Å². The van der Waals surface area contributed by atoms with Gasteiger partial charge >= 0.3 is 0 Å². The van der Waals surface area contributed by atoms with Gasteiger partial charge in [-0.1, -0.05) is 19.1 Å². The number of rotatable bonds is 4. The van der Waals surface area contributed by atoms with Crippen LogP contribution in [-0.4, -0.2) is 37.0 Å². The smallest absolute Gasteiger partial charge is 0.252 e. The summed E-state index contributed by atoms with van der Waals surface area (Å²) in [6.07, 6.45) is 2.47. The van der Waals surface area contributed by atoms with Crippen LogP contribution in [0.25, 0.3) is 0 Å². The maximum atomic E-state index is 12.1. The van der Waals surface area contributed by atoms with Crippen molar-refractivity contribution in [2.45, 2.75) is 19.8 Å². The summed E-state index contributed by atoms with van der Waals surface area (Å²) >= 11 is 2.21. The van der Waals surface area contributed by atoms with Crippen LogP contribution in [0.2, 0.25) is 0 Å². The van der Waals surface area contributed by atoms with E-state index in [1.54, 1.807) is 0 Å². The predicted molar refractivity (Wildman–Crippen MR) is 86.3 cm³/mol. The Bertz CT molecular complexity index is 436. The number of benzene rings is 1. The molecule has 0 radical (unpaired) electrons. The second-order valence-corrected chi connectivity index (χ2v) is 6.25. The molecule has 1 aliphatic heterocycles. The summed E-state index contributed by atoms with van der Waals surface area (Å²) in [5, 5.41) is 3.08. The number of nitrogens with zero attached hydrogens (tertiary/aromatic N) is 1. The molecule has 1 fully saturated rings. The molecule has 3 nitrogen and oxygen atoms in total. The molecule has 1 aromatic carbocycles. The molecular weight excluding hydrogens is 351 g/mol. The highest BCUT2D eigenvalue weighted by atomic mass is 127. The fourth-order valence-corrected chi connectivity index (χ4v) is 3.22. The van der Waals surface area contributed by atoms with E-state index in [0.717, 1.165) is 28.8 Å². The van der Waals surface area contributed by atoms with Gasteiger partial charge in [0.1, 0.15) is 0 Å². The molecule has 0 aromatic heterocycles.